The highest BCUT2D eigenvalue weighted by Gasteiger charge is 2.29. The van der Waals surface area contributed by atoms with Crippen LogP contribution in [0, 0.1) is 0 Å². The second kappa shape index (κ2) is 4.77. The van der Waals surface area contributed by atoms with Crippen molar-refractivity contribution in [3.05, 3.63) is 18.2 Å². The fourth-order valence-corrected chi connectivity index (χ4v) is 2.94. The van der Waals surface area contributed by atoms with Crippen LogP contribution in [0.1, 0.15) is 18.9 Å². The largest absolute Gasteiger partial charge is 0.494 e. The number of hydrogen-bond acceptors (Lipinski definition) is 4. The first-order chi connectivity index (χ1) is 9.20. The molecule has 1 heterocycles. The Kier molecular flexibility index (Phi) is 3.10. The Hall–Kier alpha value is -1.69. The third kappa shape index (κ3) is 2.28. The molecule has 1 N–H and O–H groups in total. The number of carbonyl (C=O) groups is 1. The lowest BCUT2D eigenvalue weighted by Gasteiger charge is -2.06. The third-order valence-corrected chi connectivity index (χ3v) is 4.04. The molecule has 1 fully saturated rings. The van der Waals surface area contributed by atoms with Crippen molar-refractivity contribution in [2.24, 2.45) is 0 Å². The van der Waals surface area contributed by atoms with Gasteiger partial charge < -0.3 is 14.4 Å². The van der Waals surface area contributed by atoms with Gasteiger partial charge in [0.1, 0.15) is 11.3 Å². The molecule has 0 aliphatic heterocycles. The summed E-state index contributed by atoms with van der Waals surface area (Å²) in [6.45, 7) is 0. The summed E-state index contributed by atoms with van der Waals surface area (Å²) < 4.78 is 7.46. The van der Waals surface area contributed by atoms with E-state index < -0.39 is 5.97 Å². The molecule has 1 aromatic heterocycles. The van der Waals surface area contributed by atoms with E-state index in [-0.39, 0.29) is 5.75 Å². The number of nitrogens with zero attached hydrogens (tertiary/aromatic N) is 2. The Morgan fingerprint density at radius 1 is 1.58 bits per heavy atom. The molecule has 1 aliphatic rings. The van der Waals surface area contributed by atoms with Crippen LogP contribution in [-0.4, -0.2) is 33.5 Å². The highest BCUT2D eigenvalue weighted by molar-refractivity contribution is 7.99. The number of aliphatic carboxylic acids is 1. The minimum absolute atomic E-state index is 0.0261. The van der Waals surface area contributed by atoms with Gasteiger partial charge in [0, 0.05) is 6.04 Å². The van der Waals surface area contributed by atoms with Crippen LogP contribution in [0.15, 0.2) is 23.4 Å². The van der Waals surface area contributed by atoms with Crippen molar-refractivity contribution in [1.82, 2.24) is 9.55 Å². The maximum Gasteiger partial charge on any atom is 0.313 e. The fraction of sp³-hybridized carbons (Fsp3) is 0.385. The normalized spacial score (nSPS) is 14.8. The highest BCUT2D eigenvalue weighted by atomic mass is 32.2. The Bertz CT molecular complexity index is 634. The first-order valence-electron chi connectivity index (χ1n) is 6.10. The summed E-state index contributed by atoms with van der Waals surface area (Å²) in [5, 5.41) is 9.58. The molecule has 6 heteroatoms. The Morgan fingerprint density at radius 2 is 2.37 bits per heavy atom. The zero-order valence-corrected chi connectivity index (χ0v) is 11.3. The lowest BCUT2D eigenvalue weighted by molar-refractivity contribution is -0.133. The molecule has 2 aromatic rings. The van der Waals surface area contributed by atoms with Gasteiger partial charge in [-0.1, -0.05) is 17.8 Å². The molecular weight excluding hydrogens is 264 g/mol. The number of benzene rings is 1. The van der Waals surface area contributed by atoms with Crippen LogP contribution in [0.3, 0.4) is 0 Å². The Morgan fingerprint density at radius 3 is 3.00 bits per heavy atom. The van der Waals surface area contributed by atoms with E-state index in [9.17, 15) is 4.79 Å². The van der Waals surface area contributed by atoms with E-state index in [2.05, 4.69) is 9.55 Å². The number of fused-ring (bicyclic) bond motifs is 1. The van der Waals surface area contributed by atoms with Crippen molar-refractivity contribution >= 4 is 28.8 Å². The van der Waals surface area contributed by atoms with Gasteiger partial charge in [0.25, 0.3) is 0 Å². The fourth-order valence-electron chi connectivity index (χ4n) is 2.15. The summed E-state index contributed by atoms with van der Waals surface area (Å²) in [4.78, 5) is 15.3. The molecule has 1 aliphatic carbocycles. The van der Waals surface area contributed by atoms with Gasteiger partial charge in [-0.15, -0.1) is 0 Å². The van der Waals surface area contributed by atoms with Gasteiger partial charge in [-0.2, -0.15) is 0 Å². The average Bonchev–Trinajstić information content (AvgIpc) is 3.16. The van der Waals surface area contributed by atoms with Gasteiger partial charge in [0.05, 0.1) is 18.4 Å². The van der Waals surface area contributed by atoms with E-state index in [0.29, 0.717) is 6.04 Å². The standard InChI is InChI=1S/C13H14N2O3S/c1-18-10-4-2-3-9-12(10)14-13(19-7-11(16)17)15(9)8-5-6-8/h2-4,8H,5-7H2,1H3,(H,16,17). The maximum atomic E-state index is 10.7. The molecular formula is C13H14N2O3S. The van der Waals surface area contributed by atoms with Gasteiger partial charge >= 0.3 is 5.97 Å². The zero-order valence-electron chi connectivity index (χ0n) is 10.5. The predicted octanol–water partition coefficient (Wildman–Crippen LogP) is 2.56. The van der Waals surface area contributed by atoms with Crippen LogP contribution >= 0.6 is 11.8 Å². The van der Waals surface area contributed by atoms with Crippen LogP contribution in [0.2, 0.25) is 0 Å². The van der Waals surface area contributed by atoms with Crippen molar-refractivity contribution < 1.29 is 14.6 Å². The van der Waals surface area contributed by atoms with Crippen LogP contribution in [0.4, 0.5) is 0 Å². The van der Waals surface area contributed by atoms with Crippen LogP contribution in [0.25, 0.3) is 11.0 Å². The molecule has 5 nitrogen and oxygen atoms in total. The molecule has 0 radical (unpaired) electrons. The highest BCUT2D eigenvalue weighted by Crippen LogP contribution is 2.42. The molecule has 1 saturated carbocycles. The molecule has 0 saturated heterocycles. The number of ether oxygens (including phenoxy) is 1. The second-order valence-corrected chi connectivity index (χ2v) is 5.45. The Labute approximate surface area is 114 Å². The predicted molar refractivity (Wildman–Crippen MR) is 72.9 cm³/mol. The van der Waals surface area contributed by atoms with Gasteiger partial charge in [0.15, 0.2) is 5.16 Å². The van der Waals surface area contributed by atoms with E-state index in [1.165, 1.54) is 11.8 Å². The molecule has 19 heavy (non-hydrogen) atoms. The smallest absolute Gasteiger partial charge is 0.313 e. The van der Waals surface area contributed by atoms with E-state index in [1.807, 2.05) is 18.2 Å². The summed E-state index contributed by atoms with van der Waals surface area (Å²) >= 11 is 1.27. The van der Waals surface area contributed by atoms with Crippen molar-refractivity contribution in [2.45, 2.75) is 24.0 Å². The summed E-state index contributed by atoms with van der Waals surface area (Å²) in [6, 6.07) is 6.27. The van der Waals surface area contributed by atoms with Crippen molar-refractivity contribution in [3.63, 3.8) is 0 Å². The van der Waals surface area contributed by atoms with Gasteiger partial charge in [-0.3, -0.25) is 4.79 Å². The third-order valence-electron chi connectivity index (χ3n) is 3.11. The van der Waals surface area contributed by atoms with E-state index in [0.717, 1.165) is 34.8 Å². The van der Waals surface area contributed by atoms with Crippen LogP contribution in [-0.2, 0) is 4.79 Å². The number of para-hydroxylation sites is 1. The van der Waals surface area contributed by atoms with Crippen LogP contribution in [0.5, 0.6) is 5.75 Å². The zero-order chi connectivity index (χ0) is 13.4. The number of hydrogen-bond donors (Lipinski definition) is 1. The SMILES string of the molecule is COc1cccc2c1nc(SCC(=O)O)n2C1CC1. The van der Waals surface area contributed by atoms with Gasteiger partial charge in [-0.05, 0) is 25.0 Å². The molecule has 0 amide bonds. The number of imidazole rings is 1. The molecule has 0 bridgehead atoms. The molecule has 0 spiro atoms. The van der Waals surface area contributed by atoms with Crippen molar-refractivity contribution in [3.8, 4) is 5.75 Å². The number of rotatable bonds is 5. The number of carboxylic acid groups (broad SMARTS) is 1. The topological polar surface area (TPSA) is 64.3 Å². The summed E-state index contributed by atoms with van der Waals surface area (Å²) in [7, 11) is 1.62. The number of carboxylic acids is 1. The molecule has 100 valence electrons. The lowest BCUT2D eigenvalue weighted by atomic mass is 10.3. The summed E-state index contributed by atoms with van der Waals surface area (Å²) in [6.07, 6.45) is 2.26. The molecule has 1 aromatic carbocycles. The first-order valence-corrected chi connectivity index (χ1v) is 7.09. The Balaban J connectivity index is 2.09. The van der Waals surface area contributed by atoms with Gasteiger partial charge in [-0.25, -0.2) is 4.98 Å². The lowest BCUT2D eigenvalue weighted by Crippen LogP contribution is -2.01. The quantitative estimate of drug-likeness (QED) is 0.851. The molecule has 3 rings (SSSR count). The summed E-state index contributed by atoms with van der Waals surface area (Å²) in [5.41, 5.74) is 1.83. The van der Waals surface area contributed by atoms with Gasteiger partial charge in [0.2, 0.25) is 0 Å². The monoisotopic (exact) mass is 278 g/mol. The average molecular weight is 278 g/mol. The van der Waals surface area contributed by atoms with Crippen molar-refractivity contribution in [2.75, 3.05) is 12.9 Å². The summed E-state index contributed by atoms with van der Waals surface area (Å²) in [5.74, 6) is -0.0707. The molecule has 0 atom stereocenters. The molecule has 0 unspecified atom stereocenters. The van der Waals surface area contributed by atoms with E-state index in [4.69, 9.17) is 9.84 Å². The van der Waals surface area contributed by atoms with Crippen LogP contribution < -0.4 is 4.74 Å². The second-order valence-electron chi connectivity index (χ2n) is 4.51. The number of aromatic nitrogens is 2. The minimum Gasteiger partial charge on any atom is -0.494 e. The minimum atomic E-state index is -0.827. The maximum absolute atomic E-state index is 10.7. The van der Waals surface area contributed by atoms with E-state index in [1.54, 1.807) is 7.11 Å². The number of thioether (sulfide) groups is 1. The van der Waals surface area contributed by atoms with Crippen molar-refractivity contribution in [1.29, 1.82) is 0 Å². The first kappa shape index (κ1) is 12.3. The van der Waals surface area contributed by atoms with E-state index >= 15 is 0 Å². The number of methoxy groups -OCH3 is 1.